The number of nitrogens with one attached hydrogen (secondary N) is 3. The molecule has 0 atom stereocenters. The number of amides is 1. The first-order valence-electron chi connectivity index (χ1n) is 7.79. The largest absolute Gasteiger partial charge is 0.416 e. The van der Waals surface area contributed by atoms with Crippen molar-refractivity contribution in [1.29, 1.82) is 0 Å². The van der Waals surface area contributed by atoms with Gasteiger partial charge in [-0.3, -0.25) is 9.89 Å². The van der Waals surface area contributed by atoms with Gasteiger partial charge in [0.05, 0.1) is 30.3 Å². The zero-order chi connectivity index (χ0) is 18.0. The summed E-state index contributed by atoms with van der Waals surface area (Å²) in [5.74, 6) is -0.0693. The maximum absolute atomic E-state index is 12.9. The Morgan fingerprint density at radius 2 is 2.16 bits per heavy atom. The molecule has 0 radical (unpaired) electrons. The number of alkyl halides is 3. The third-order valence-electron chi connectivity index (χ3n) is 4.02. The monoisotopic (exact) mass is 357 g/mol. The number of fused-ring (bicyclic) bond motifs is 1. The molecule has 1 amide bonds. The first kappa shape index (κ1) is 17.5. The highest BCUT2D eigenvalue weighted by Crippen LogP contribution is 2.33. The predicted molar refractivity (Wildman–Crippen MR) is 85.2 cm³/mol. The Hall–Kier alpha value is -2.33. The Labute approximate surface area is 141 Å². The van der Waals surface area contributed by atoms with Gasteiger partial charge in [-0.05, 0) is 18.2 Å². The van der Waals surface area contributed by atoms with Crippen LogP contribution < -0.4 is 15.5 Å². The fraction of sp³-hybridized carbons (Fsp3) is 0.467. The average Bonchev–Trinajstić information content (AvgIpc) is 2.93. The van der Waals surface area contributed by atoms with Gasteiger partial charge >= 0.3 is 6.18 Å². The molecule has 4 N–H and O–H groups in total. The summed E-state index contributed by atoms with van der Waals surface area (Å²) in [5.41, 5.74) is -0.369. The molecule has 1 aromatic carbocycles. The van der Waals surface area contributed by atoms with E-state index in [1.54, 1.807) is 0 Å². The number of nitrogens with zero attached hydrogens (tertiary/aromatic N) is 2. The van der Waals surface area contributed by atoms with E-state index in [0.717, 1.165) is 12.1 Å². The van der Waals surface area contributed by atoms with Crippen LogP contribution in [0.3, 0.4) is 0 Å². The standard InChI is InChI=1S/C15H18F3N5O2/c16-15(17,18)9-1-2-12-11(5-9)14(22-21-12)23(3-4-24)8-13(25)20-10-6-19-7-10/h1-2,5,10,19,24H,3-4,6-8H2,(H,20,25)(H,21,22). The number of aromatic amines is 1. The van der Waals surface area contributed by atoms with Crippen LogP contribution in [0.15, 0.2) is 18.2 Å². The second-order valence-corrected chi connectivity index (χ2v) is 5.87. The fourth-order valence-electron chi connectivity index (χ4n) is 2.64. The molecule has 0 aliphatic carbocycles. The maximum atomic E-state index is 12.9. The quantitative estimate of drug-likeness (QED) is 0.603. The Bertz CT molecular complexity index is 757. The molecule has 136 valence electrons. The first-order chi connectivity index (χ1) is 11.9. The number of benzene rings is 1. The van der Waals surface area contributed by atoms with Gasteiger partial charge < -0.3 is 20.6 Å². The molecule has 25 heavy (non-hydrogen) atoms. The van der Waals surface area contributed by atoms with Crippen molar-refractivity contribution >= 4 is 22.6 Å². The number of aliphatic hydroxyl groups excluding tert-OH is 1. The third kappa shape index (κ3) is 3.85. The molecule has 10 heteroatoms. The number of H-pyrrole nitrogens is 1. The fourth-order valence-corrected chi connectivity index (χ4v) is 2.64. The SMILES string of the molecule is O=C(CN(CCO)c1n[nH]c2ccc(C(F)(F)F)cc12)NC1CNC1. The Balaban J connectivity index is 1.85. The van der Waals surface area contributed by atoms with Gasteiger partial charge in [0.1, 0.15) is 0 Å². The molecule has 3 rings (SSSR count). The minimum atomic E-state index is -4.47. The van der Waals surface area contributed by atoms with Gasteiger partial charge in [0.25, 0.3) is 0 Å². The number of aromatic nitrogens is 2. The lowest BCUT2D eigenvalue weighted by molar-refractivity contribution is -0.137. The predicted octanol–water partition coefficient (Wildman–Crippen LogP) is 0.468. The van der Waals surface area contributed by atoms with E-state index in [4.69, 9.17) is 0 Å². The van der Waals surface area contributed by atoms with Crippen molar-refractivity contribution in [2.75, 3.05) is 37.7 Å². The van der Waals surface area contributed by atoms with E-state index in [1.807, 2.05) is 0 Å². The van der Waals surface area contributed by atoms with Crippen molar-refractivity contribution in [2.24, 2.45) is 0 Å². The van der Waals surface area contributed by atoms with Crippen LogP contribution in [-0.4, -0.2) is 60.0 Å². The molecule has 1 fully saturated rings. The number of hydrogen-bond donors (Lipinski definition) is 4. The number of aliphatic hydroxyl groups is 1. The molecule has 0 spiro atoms. The topological polar surface area (TPSA) is 93.3 Å². The maximum Gasteiger partial charge on any atom is 0.416 e. The lowest BCUT2D eigenvalue weighted by Gasteiger charge is -2.29. The Morgan fingerprint density at radius 3 is 2.76 bits per heavy atom. The zero-order valence-corrected chi connectivity index (χ0v) is 13.2. The molecule has 0 bridgehead atoms. The number of carbonyl (C=O) groups excluding carboxylic acids is 1. The van der Waals surface area contributed by atoms with Crippen molar-refractivity contribution < 1.29 is 23.1 Å². The number of carbonyl (C=O) groups is 1. The summed E-state index contributed by atoms with van der Waals surface area (Å²) in [6.07, 6.45) is -4.47. The summed E-state index contributed by atoms with van der Waals surface area (Å²) in [6.45, 7) is 1.09. The first-order valence-corrected chi connectivity index (χ1v) is 7.79. The van der Waals surface area contributed by atoms with Crippen LogP contribution in [0.5, 0.6) is 0 Å². The number of rotatable bonds is 6. The van der Waals surface area contributed by atoms with E-state index >= 15 is 0 Å². The van der Waals surface area contributed by atoms with Crippen molar-refractivity contribution in [2.45, 2.75) is 12.2 Å². The molecular formula is C15H18F3N5O2. The van der Waals surface area contributed by atoms with Crippen LogP contribution in [0.25, 0.3) is 10.9 Å². The molecule has 1 aliphatic rings. The van der Waals surface area contributed by atoms with E-state index in [2.05, 4.69) is 20.8 Å². The molecule has 2 heterocycles. The van der Waals surface area contributed by atoms with Crippen molar-refractivity contribution in [1.82, 2.24) is 20.8 Å². The molecule has 0 saturated carbocycles. The van der Waals surface area contributed by atoms with E-state index in [-0.39, 0.29) is 42.8 Å². The van der Waals surface area contributed by atoms with Gasteiger partial charge in [-0.2, -0.15) is 18.3 Å². The van der Waals surface area contributed by atoms with Crippen LogP contribution >= 0.6 is 0 Å². The van der Waals surface area contributed by atoms with E-state index in [9.17, 15) is 23.1 Å². The highest BCUT2D eigenvalue weighted by molar-refractivity contribution is 5.92. The normalized spacial score (nSPS) is 15.2. The summed E-state index contributed by atoms with van der Waals surface area (Å²) in [7, 11) is 0. The molecular weight excluding hydrogens is 339 g/mol. The van der Waals surface area contributed by atoms with Crippen LogP contribution in [0, 0.1) is 0 Å². The van der Waals surface area contributed by atoms with Gasteiger partial charge in [0.15, 0.2) is 5.82 Å². The number of anilines is 1. The van der Waals surface area contributed by atoms with E-state index < -0.39 is 11.7 Å². The van der Waals surface area contributed by atoms with Crippen molar-refractivity contribution in [3.05, 3.63) is 23.8 Å². The van der Waals surface area contributed by atoms with Crippen LogP contribution in [-0.2, 0) is 11.0 Å². The summed E-state index contributed by atoms with van der Waals surface area (Å²) in [5, 5.41) is 22.0. The van der Waals surface area contributed by atoms with Crippen LogP contribution in [0.4, 0.5) is 19.0 Å². The average molecular weight is 357 g/mol. The highest BCUT2D eigenvalue weighted by atomic mass is 19.4. The van der Waals surface area contributed by atoms with Gasteiger partial charge in [0, 0.05) is 25.0 Å². The molecule has 1 saturated heterocycles. The smallest absolute Gasteiger partial charge is 0.395 e. The molecule has 2 aromatic rings. The van der Waals surface area contributed by atoms with Gasteiger partial charge in [-0.1, -0.05) is 0 Å². The Morgan fingerprint density at radius 1 is 1.40 bits per heavy atom. The summed E-state index contributed by atoms with van der Waals surface area (Å²) in [6, 6.07) is 3.31. The van der Waals surface area contributed by atoms with Crippen molar-refractivity contribution in [3.63, 3.8) is 0 Å². The minimum Gasteiger partial charge on any atom is -0.395 e. The third-order valence-corrected chi connectivity index (χ3v) is 4.02. The minimum absolute atomic E-state index is 0.0521. The second-order valence-electron chi connectivity index (χ2n) is 5.87. The van der Waals surface area contributed by atoms with Crippen LogP contribution in [0.1, 0.15) is 5.56 Å². The summed E-state index contributed by atoms with van der Waals surface area (Å²) >= 11 is 0. The zero-order valence-electron chi connectivity index (χ0n) is 13.2. The summed E-state index contributed by atoms with van der Waals surface area (Å²) < 4.78 is 38.8. The van der Waals surface area contributed by atoms with Crippen molar-refractivity contribution in [3.8, 4) is 0 Å². The highest BCUT2D eigenvalue weighted by Gasteiger charge is 2.31. The molecule has 0 unspecified atom stereocenters. The lowest BCUT2D eigenvalue weighted by Crippen LogP contribution is -2.58. The molecule has 7 nitrogen and oxygen atoms in total. The second kappa shape index (κ2) is 6.89. The molecule has 1 aliphatic heterocycles. The number of hydrogen-bond acceptors (Lipinski definition) is 5. The Kier molecular flexibility index (Phi) is 4.82. The van der Waals surface area contributed by atoms with Gasteiger partial charge in [-0.25, -0.2) is 0 Å². The summed E-state index contributed by atoms with van der Waals surface area (Å²) in [4.78, 5) is 13.6. The number of halogens is 3. The van der Waals surface area contributed by atoms with Crippen LogP contribution in [0.2, 0.25) is 0 Å². The van der Waals surface area contributed by atoms with E-state index in [0.29, 0.717) is 18.6 Å². The van der Waals surface area contributed by atoms with E-state index in [1.165, 1.54) is 11.0 Å². The van der Waals surface area contributed by atoms with Gasteiger partial charge in [0.2, 0.25) is 5.91 Å². The lowest BCUT2D eigenvalue weighted by atomic mass is 10.1. The molecule has 1 aromatic heterocycles. The van der Waals surface area contributed by atoms with Gasteiger partial charge in [-0.15, -0.1) is 0 Å².